The van der Waals surface area contributed by atoms with Crippen LogP contribution in [0.2, 0.25) is 0 Å². The van der Waals surface area contributed by atoms with Crippen molar-refractivity contribution in [3.05, 3.63) is 35.4 Å². The first-order valence-electron chi connectivity index (χ1n) is 6.04. The molecule has 1 saturated heterocycles. The minimum Gasteiger partial charge on any atom is -0.385 e. The molecule has 0 aromatic heterocycles. The van der Waals surface area contributed by atoms with Crippen LogP contribution in [0.4, 0.5) is 0 Å². The summed E-state index contributed by atoms with van der Waals surface area (Å²) in [5.41, 5.74) is 15.0. The predicted octanol–water partition coefficient (Wildman–Crippen LogP) is 0.876. The van der Waals surface area contributed by atoms with E-state index in [-0.39, 0.29) is 6.17 Å². The van der Waals surface area contributed by atoms with Crippen molar-refractivity contribution in [2.24, 2.45) is 5.73 Å². The average Bonchev–Trinajstić information content (AvgIpc) is 2.69. The summed E-state index contributed by atoms with van der Waals surface area (Å²) in [6.07, 6.45) is 0.912. The molecule has 2 rings (SSSR count). The molecule has 17 heavy (non-hydrogen) atoms. The van der Waals surface area contributed by atoms with Crippen LogP contribution in [0.1, 0.15) is 23.5 Å². The molecule has 1 aliphatic heterocycles. The standard InChI is InChI=1S/C13H21N3O/c1-9-3-5-10(6-4-9)12-11(7-8-17-2)15-16-13(12)14/h3-6,11-13,15-16H,7-8,14H2,1-2H3. The van der Waals surface area contributed by atoms with E-state index in [9.17, 15) is 0 Å². The first kappa shape index (κ1) is 12.5. The van der Waals surface area contributed by atoms with Crippen molar-refractivity contribution < 1.29 is 4.74 Å². The Labute approximate surface area is 103 Å². The van der Waals surface area contributed by atoms with Crippen molar-refractivity contribution in [2.45, 2.75) is 31.5 Å². The fraction of sp³-hybridized carbons (Fsp3) is 0.538. The first-order valence-corrected chi connectivity index (χ1v) is 6.04. The third-order valence-electron chi connectivity index (χ3n) is 3.35. The van der Waals surface area contributed by atoms with Crippen molar-refractivity contribution >= 4 is 0 Å². The van der Waals surface area contributed by atoms with Gasteiger partial charge in [-0.1, -0.05) is 29.8 Å². The lowest BCUT2D eigenvalue weighted by atomic mass is 9.89. The SMILES string of the molecule is COCCC1NNC(N)C1c1ccc(C)cc1. The second-order valence-electron chi connectivity index (χ2n) is 4.64. The minimum absolute atomic E-state index is 0.0421. The van der Waals surface area contributed by atoms with Crippen LogP contribution in [-0.2, 0) is 4.74 Å². The lowest BCUT2D eigenvalue weighted by molar-refractivity contribution is 0.182. The van der Waals surface area contributed by atoms with Crippen LogP contribution in [0.25, 0.3) is 0 Å². The van der Waals surface area contributed by atoms with Gasteiger partial charge in [-0.05, 0) is 18.9 Å². The molecule has 1 aliphatic rings. The topological polar surface area (TPSA) is 59.3 Å². The van der Waals surface area contributed by atoms with Gasteiger partial charge < -0.3 is 10.5 Å². The molecule has 1 fully saturated rings. The number of methoxy groups -OCH3 is 1. The van der Waals surface area contributed by atoms with E-state index in [1.54, 1.807) is 7.11 Å². The maximum Gasteiger partial charge on any atom is 0.0764 e. The number of ether oxygens (including phenoxy) is 1. The fourth-order valence-corrected chi connectivity index (χ4v) is 2.36. The average molecular weight is 235 g/mol. The third kappa shape index (κ3) is 2.84. The Bertz CT molecular complexity index is 352. The molecule has 0 radical (unpaired) electrons. The number of nitrogens with one attached hydrogen (secondary N) is 2. The quantitative estimate of drug-likeness (QED) is 0.725. The summed E-state index contributed by atoms with van der Waals surface area (Å²) in [4.78, 5) is 0. The Balaban J connectivity index is 2.12. The lowest BCUT2D eigenvalue weighted by Gasteiger charge is -2.21. The Morgan fingerprint density at radius 2 is 1.94 bits per heavy atom. The second-order valence-corrected chi connectivity index (χ2v) is 4.64. The maximum absolute atomic E-state index is 6.10. The van der Waals surface area contributed by atoms with Crippen LogP contribution in [-0.4, -0.2) is 25.9 Å². The van der Waals surface area contributed by atoms with Gasteiger partial charge in [0.25, 0.3) is 0 Å². The highest BCUT2D eigenvalue weighted by Gasteiger charge is 2.34. The monoisotopic (exact) mass is 235 g/mol. The Hall–Kier alpha value is -0.940. The molecule has 0 spiro atoms. The van der Waals surface area contributed by atoms with Crippen LogP contribution >= 0.6 is 0 Å². The van der Waals surface area contributed by atoms with E-state index >= 15 is 0 Å². The van der Waals surface area contributed by atoms with Crippen LogP contribution < -0.4 is 16.6 Å². The summed E-state index contributed by atoms with van der Waals surface area (Å²) >= 11 is 0. The van der Waals surface area contributed by atoms with Crippen LogP contribution in [0.15, 0.2) is 24.3 Å². The zero-order valence-corrected chi connectivity index (χ0v) is 10.4. The normalized spacial score (nSPS) is 28.5. The highest BCUT2D eigenvalue weighted by Crippen LogP contribution is 2.27. The first-order chi connectivity index (χ1) is 8.22. The zero-order chi connectivity index (χ0) is 12.3. The number of benzene rings is 1. The smallest absolute Gasteiger partial charge is 0.0764 e. The number of aryl methyl sites for hydroxylation is 1. The highest BCUT2D eigenvalue weighted by atomic mass is 16.5. The van der Waals surface area contributed by atoms with Crippen molar-refractivity contribution in [1.82, 2.24) is 10.9 Å². The molecule has 4 nitrogen and oxygen atoms in total. The summed E-state index contributed by atoms with van der Waals surface area (Å²) < 4.78 is 5.13. The number of rotatable bonds is 4. The molecular weight excluding hydrogens is 214 g/mol. The van der Waals surface area contributed by atoms with E-state index in [4.69, 9.17) is 10.5 Å². The lowest BCUT2D eigenvalue weighted by Crippen LogP contribution is -2.38. The van der Waals surface area contributed by atoms with Gasteiger partial charge >= 0.3 is 0 Å². The molecule has 1 heterocycles. The molecular formula is C13H21N3O. The zero-order valence-electron chi connectivity index (χ0n) is 10.4. The third-order valence-corrected chi connectivity index (χ3v) is 3.35. The molecule has 0 bridgehead atoms. The highest BCUT2D eigenvalue weighted by molar-refractivity contribution is 5.27. The molecule has 94 valence electrons. The molecule has 4 heteroatoms. The number of nitrogens with two attached hydrogens (primary N) is 1. The van der Waals surface area contributed by atoms with Crippen molar-refractivity contribution in [3.63, 3.8) is 0 Å². The molecule has 3 atom stereocenters. The van der Waals surface area contributed by atoms with E-state index in [1.165, 1.54) is 11.1 Å². The summed E-state index contributed by atoms with van der Waals surface area (Å²) in [6, 6.07) is 8.91. The number of hydrogen-bond acceptors (Lipinski definition) is 4. The molecule has 1 aromatic carbocycles. The molecule has 0 saturated carbocycles. The number of hydrazine groups is 1. The number of hydrogen-bond donors (Lipinski definition) is 3. The molecule has 1 aromatic rings. The Morgan fingerprint density at radius 1 is 1.24 bits per heavy atom. The van der Waals surface area contributed by atoms with Crippen LogP contribution in [0.5, 0.6) is 0 Å². The minimum atomic E-state index is -0.0421. The van der Waals surface area contributed by atoms with E-state index in [1.807, 2.05) is 0 Å². The van der Waals surface area contributed by atoms with Gasteiger partial charge in [0, 0.05) is 25.7 Å². The van der Waals surface area contributed by atoms with Gasteiger partial charge in [-0.15, -0.1) is 0 Å². The van der Waals surface area contributed by atoms with Gasteiger partial charge in [-0.3, -0.25) is 5.43 Å². The van der Waals surface area contributed by atoms with Gasteiger partial charge in [0.15, 0.2) is 0 Å². The summed E-state index contributed by atoms with van der Waals surface area (Å²) in [7, 11) is 1.73. The van der Waals surface area contributed by atoms with E-state index < -0.39 is 0 Å². The largest absolute Gasteiger partial charge is 0.385 e. The molecule has 0 amide bonds. The Kier molecular flexibility index (Phi) is 4.12. The van der Waals surface area contributed by atoms with Gasteiger partial charge in [-0.25, -0.2) is 5.43 Å². The summed E-state index contributed by atoms with van der Waals surface area (Å²) in [5.74, 6) is 0.297. The van der Waals surface area contributed by atoms with E-state index in [0.717, 1.165) is 13.0 Å². The summed E-state index contributed by atoms with van der Waals surface area (Å²) in [6.45, 7) is 2.84. The van der Waals surface area contributed by atoms with Gasteiger partial charge in [-0.2, -0.15) is 0 Å². The van der Waals surface area contributed by atoms with Crippen molar-refractivity contribution in [3.8, 4) is 0 Å². The Morgan fingerprint density at radius 3 is 2.59 bits per heavy atom. The fourth-order valence-electron chi connectivity index (χ4n) is 2.36. The van der Waals surface area contributed by atoms with Crippen molar-refractivity contribution in [2.75, 3.05) is 13.7 Å². The van der Waals surface area contributed by atoms with Crippen molar-refractivity contribution in [1.29, 1.82) is 0 Å². The van der Waals surface area contributed by atoms with Gasteiger partial charge in [0.05, 0.1) is 6.17 Å². The maximum atomic E-state index is 6.10. The van der Waals surface area contributed by atoms with Gasteiger partial charge in [0.2, 0.25) is 0 Å². The molecule has 3 unspecified atom stereocenters. The summed E-state index contributed by atoms with van der Waals surface area (Å²) in [5, 5.41) is 0. The van der Waals surface area contributed by atoms with Crippen LogP contribution in [0.3, 0.4) is 0 Å². The molecule has 4 N–H and O–H groups in total. The molecule has 0 aliphatic carbocycles. The van der Waals surface area contributed by atoms with Gasteiger partial charge in [0.1, 0.15) is 0 Å². The van der Waals surface area contributed by atoms with Crippen LogP contribution in [0, 0.1) is 6.92 Å². The van der Waals surface area contributed by atoms with E-state index in [2.05, 4.69) is 42.0 Å². The predicted molar refractivity (Wildman–Crippen MR) is 68.4 cm³/mol. The van der Waals surface area contributed by atoms with E-state index in [0.29, 0.717) is 12.0 Å². The second kappa shape index (κ2) is 5.60.